The van der Waals surface area contributed by atoms with Crippen molar-refractivity contribution >= 4 is 32.1 Å². The van der Waals surface area contributed by atoms with Crippen molar-refractivity contribution in [2.45, 2.75) is 18.4 Å². The highest BCUT2D eigenvalue weighted by molar-refractivity contribution is 7.89. The zero-order chi connectivity index (χ0) is 20.2. The van der Waals surface area contributed by atoms with E-state index < -0.39 is 32.2 Å². The van der Waals surface area contributed by atoms with Gasteiger partial charge in [-0.15, -0.1) is 0 Å². The van der Waals surface area contributed by atoms with E-state index in [9.17, 15) is 22.0 Å². The smallest absolute Gasteiger partial charge is 0.304 e. The molecule has 0 spiro atoms. The second kappa shape index (κ2) is 6.17. The minimum atomic E-state index is -4.42. The first-order valence-electron chi connectivity index (χ1n) is 8.01. The zero-order valence-corrected chi connectivity index (χ0v) is 15.2. The number of sulfonamides is 1. The summed E-state index contributed by atoms with van der Waals surface area (Å²) in [4.78, 5) is 22.6. The average molecular weight is 405 g/mol. The van der Waals surface area contributed by atoms with Crippen LogP contribution in [0.4, 0.5) is 8.78 Å². The number of benzene rings is 1. The van der Waals surface area contributed by atoms with Crippen LogP contribution in [-0.4, -0.2) is 27.9 Å². The third-order valence-electron chi connectivity index (χ3n) is 4.36. The molecule has 0 aliphatic rings. The molecule has 0 bridgehead atoms. The van der Waals surface area contributed by atoms with E-state index in [-0.39, 0.29) is 12.1 Å². The van der Waals surface area contributed by atoms with Gasteiger partial charge in [0.1, 0.15) is 4.90 Å². The number of primary sulfonamides is 1. The van der Waals surface area contributed by atoms with E-state index >= 15 is 0 Å². The van der Waals surface area contributed by atoms with Crippen molar-refractivity contribution in [1.29, 1.82) is 0 Å². The molecule has 0 aliphatic carbocycles. The van der Waals surface area contributed by atoms with Crippen molar-refractivity contribution in [2.75, 3.05) is 0 Å². The fourth-order valence-corrected chi connectivity index (χ4v) is 3.66. The van der Waals surface area contributed by atoms with Gasteiger partial charge in [0.05, 0.1) is 23.8 Å². The number of fused-ring (bicyclic) bond motifs is 3. The lowest BCUT2D eigenvalue weighted by molar-refractivity contribution is 0.473. The zero-order valence-electron chi connectivity index (χ0n) is 14.4. The molecule has 0 amide bonds. The van der Waals surface area contributed by atoms with E-state index in [1.54, 1.807) is 19.1 Å². The maximum Gasteiger partial charge on any atom is 0.326 e. The number of hydrogen-bond donors (Lipinski definition) is 2. The van der Waals surface area contributed by atoms with Crippen molar-refractivity contribution in [3.8, 4) is 0 Å². The van der Waals surface area contributed by atoms with Gasteiger partial charge in [-0.2, -0.15) is 0 Å². The minimum absolute atomic E-state index is 0.210. The van der Waals surface area contributed by atoms with Crippen LogP contribution in [0, 0.1) is 18.6 Å². The van der Waals surface area contributed by atoms with Crippen molar-refractivity contribution in [1.82, 2.24) is 19.5 Å². The number of nitrogens with two attached hydrogens (primary N) is 1. The molecule has 0 unspecified atom stereocenters. The predicted octanol–water partition coefficient (Wildman–Crippen LogP) is 1.56. The highest BCUT2D eigenvalue weighted by Crippen LogP contribution is 2.24. The van der Waals surface area contributed by atoms with Gasteiger partial charge in [0.15, 0.2) is 17.3 Å². The standard InChI is InChI=1S/C17H13F2N5O3S/c1-8-2-4-10-15-11(6-21-16(10)22-8)23-17(25)24(15)7-9-3-5-12(28(20,26)27)14(19)13(9)18/h2-6H,7H2,1H3,(H,23,25)(H2,20,26,27). The SMILES string of the molecule is Cc1ccc2c(ncc3[nH]c(=O)n(Cc4ccc(S(N)(=O)=O)c(F)c4F)c32)n1. The van der Waals surface area contributed by atoms with E-state index in [0.29, 0.717) is 22.1 Å². The first kappa shape index (κ1) is 18.2. The topological polar surface area (TPSA) is 124 Å². The number of aromatic nitrogens is 4. The molecule has 3 heterocycles. The minimum Gasteiger partial charge on any atom is -0.304 e. The summed E-state index contributed by atoms with van der Waals surface area (Å²) in [6.45, 7) is 1.46. The van der Waals surface area contributed by atoms with Gasteiger partial charge in [-0.1, -0.05) is 6.07 Å². The fraction of sp³-hybridized carbons (Fsp3) is 0.118. The van der Waals surface area contributed by atoms with Crippen LogP contribution < -0.4 is 10.8 Å². The number of imidazole rings is 1. The number of pyridine rings is 2. The van der Waals surface area contributed by atoms with Crippen molar-refractivity contribution < 1.29 is 17.2 Å². The first-order chi connectivity index (χ1) is 13.2. The normalized spacial score (nSPS) is 12.1. The highest BCUT2D eigenvalue weighted by Gasteiger charge is 2.22. The summed E-state index contributed by atoms with van der Waals surface area (Å²) in [6, 6.07) is 5.42. The molecule has 3 N–H and O–H groups in total. The number of hydrogen-bond acceptors (Lipinski definition) is 5. The number of rotatable bonds is 3. The molecule has 0 saturated heterocycles. The Morgan fingerprint density at radius 2 is 1.93 bits per heavy atom. The first-order valence-corrected chi connectivity index (χ1v) is 9.56. The van der Waals surface area contributed by atoms with E-state index in [1.807, 2.05) is 0 Å². The Kier molecular flexibility index (Phi) is 4.01. The molecule has 8 nitrogen and oxygen atoms in total. The largest absolute Gasteiger partial charge is 0.326 e. The van der Waals surface area contributed by atoms with Crippen LogP contribution in [0.5, 0.6) is 0 Å². The molecule has 0 atom stereocenters. The molecule has 0 radical (unpaired) electrons. The molecular weight excluding hydrogens is 392 g/mol. The van der Waals surface area contributed by atoms with Gasteiger partial charge < -0.3 is 4.98 Å². The van der Waals surface area contributed by atoms with Gasteiger partial charge in [0.25, 0.3) is 0 Å². The molecule has 11 heteroatoms. The number of halogens is 2. The summed E-state index contributed by atoms with van der Waals surface area (Å²) in [5.41, 5.74) is 1.20. The van der Waals surface area contributed by atoms with Gasteiger partial charge in [-0.25, -0.2) is 37.1 Å². The molecule has 1 aromatic carbocycles. The Bertz CT molecular complexity index is 1430. The van der Waals surface area contributed by atoms with Crippen LogP contribution in [-0.2, 0) is 16.6 Å². The number of aryl methyl sites for hydroxylation is 1. The Balaban J connectivity index is 1.93. The number of nitrogens with one attached hydrogen (secondary N) is 1. The van der Waals surface area contributed by atoms with Crippen LogP contribution in [0.25, 0.3) is 22.1 Å². The lowest BCUT2D eigenvalue weighted by Crippen LogP contribution is -2.20. The van der Waals surface area contributed by atoms with Crippen molar-refractivity contribution in [3.63, 3.8) is 0 Å². The van der Waals surface area contributed by atoms with E-state index in [2.05, 4.69) is 15.0 Å². The predicted molar refractivity (Wildman–Crippen MR) is 97.2 cm³/mol. The van der Waals surface area contributed by atoms with Gasteiger partial charge in [0.2, 0.25) is 10.0 Å². The quantitative estimate of drug-likeness (QED) is 0.535. The lowest BCUT2D eigenvalue weighted by Gasteiger charge is -2.09. The fourth-order valence-electron chi connectivity index (χ4n) is 3.06. The summed E-state index contributed by atoms with van der Waals surface area (Å²) < 4.78 is 52.5. The lowest BCUT2D eigenvalue weighted by atomic mass is 10.2. The van der Waals surface area contributed by atoms with Crippen LogP contribution >= 0.6 is 0 Å². The van der Waals surface area contributed by atoms with Gasteiger partial charge in [0, 0.05) is 16.6 Å². The molecule has 0 fully saturated rings. The monoisotopic (exact) mass is 405 g/mol. The summed E-state index contributed by atoms with van der Waals surface area (Å²) in [6.07, 6.45) is 1.43. The van der Waals surface area contributed by atoms with Crippen LogP contribution in [0.15, 0.2) is 40.2 Å². The second-order valence-electron chi connectivity index (χ2n) is 6.26. The number of aromatic amines is 1. The molecular formula is C17H13F2N5O3S. The summed E-state index contributed by atoms with van der Waals surface area (Å²) in [5, 5.41) is 5.44. The molecule has 0 saturated carbocycles. The molecule has 3 aromatic heterocycles. The van der Waals surface area contributed by atoms with Crippen LogP contribution in [0.3, 0.4) is 0 Å². The van der Waals surface area contributed by atoms with Crippen LogP contribution in [0.1, 0.15) is 11.3 Å². The molecule has 4 rings (SSSR count). The van der Waals surface area contributed by atoms with Gasteiger partial charge in [-0.3, -0.25) is 4.57 Å². The highest BCUT2D eigenvalue weighted by atomic mass is 32.2. The maximum absolute atomic E-state index is 14.4. The Labute approximate surface area is 156 Å². The molecule has 4 aromatic rings. The number of H-pyrrole nitrogens is 1. The Morgan fingerprint density at radius 1 is 1.18 bits per heavy atom. The third kappa shape index (κ3) is 2.84. The Hall–Kier alpha value is -3.18. The van der Waals surface area contributed by atoms with Gasteiger partial charge in [-0.05, 0) is 25.1 Å². The average Bonchev–Trinajstić information content (AvgIpc) is 2.93. The van der Waals surface area contributed by atoms with Gasteiger partial charge >= 0.3 is 5.69 Å². The molecule has 0 aliphatic heterocycles. The van der Waals surface area contributed by atoms with E-state index in [0.717, 1.165) is 17.8 Å². The summed E-state index contributed by atoms with van der Waals surface area (Å²) >= 11 is 0. The van der Waals surface area contributed by atoms with E-state index in [4.69, 9.17) is 5.14 Å². The maximum atomic E-state index is 14.4. The summed E-state index contributed by atoms with van der Waals surface area (Å²) in [7, 11) is -4.42. The molecule has 28 heavy (non-hydrogen) atoms. The Morgan fingerprint density at radius 3 is 2.64 bits per heavy atom. The van der Waals surface area contributed by atoms with Crippen molar-refractivity contribution in [3.05, 3.63) is 63.8 Å². The number of nitrogens with zero attached hydrogens (tertiary/aromatic N) is 3. The molecule has 144 valence electrons. The van der Waals surface area contributed by atoms with Crippen molar-refractivity contribution in [2.24, 2.45) is 5.14 Å². The summed E-state index contributed by atoms with van der Waals surface area (Å²) in [5.74, 6) is -2.98. The van der Waals surface area contributed by atoms with Crippen LogP contribution in [0.2, 0.25) is 0 Å². The van der Waals surface area contributed by atoms with E-state index in [1.165, 1.54) is 10.8 Å². The second-order valence-corrected chi connectivity index (χ2v) is 7.79. The third-order valence-corrected chi connectivity index (χ3v) is 5.29.